The zero-order chi connectivity index (χ0) is 10.7. The van der Waals surface area contributed by atoms with Crippen LogP contribution in [0.1, 0.15) is 6.92 Å². The lowest BCUT2D eigenvalue weighted by molar-refractivity contribution is 1.10. The van der Waals surface area contributed by atoms with Crippen molar-refractivity contribution in [3.63, 3.8) is 0 Å². The summed E-state index contributed by atoms with van der Waals surface area (Å²) in [4.78, 5) is 1.29. The Labute approximate surface area is 93.1 Å². The van der Waals surface area contributed by atoms with Crippen molar-refractivity contribution in [1.82, 2.24) is 10.2 Å². The Kier molecular flexibility index (Phi) is 2.97. The van der Waals surface area contributed by atoms with Crippen LogP contribution in [0, 0.1) is 0 Å². The number of nitrogen functional groups attached to an aromatic ring is 1. The van der Waals surface area contributed by atoms with E-state index in [1.54, 1.807) is 0 Å². The first-order chi connectivity index (χ1) is 7.29. The van der Waals surface area contributed by atoms with Crippen LogP contribution in [0.2, 0.25) is 0 Å². The zero-order valence-corrected chi connectivity index (χ0v) is 9.34. The van der Waals surface area contributed by atoms with Crippen LogP contribution < -0.4 is 5.73 Å². The van der Waals surface area contributed by atoms with Crippen molar-refractivity contribution in [2.45, 2.75) is 11.8 Å². The molecule has 0 fully saturated rings. The van der Waals surface area contributed by atoms with E-state index in [2.05, 4.69) is 41.4 Å². The molecule has 1 aromatic heterocycles. The van der Waals surface area contributed by atoms with Gasteiger partial charge in [0.05, 0.1) is 5.69 Å². The van der Waals surface area contributed by atoms with E-state index in [0.29, 0.717) is 5.82 Å². The standard InChI is InChI=1S/C11H13N3S/c1-2-15-9-5-3-8(4-6-9)10-7-11(12)14-13-10/h3-7H,2H2,1H3,(H3,12,13,14). The molecule has 0 unspecified atom stereocenters. The van der Waals surface area contributed by atoms with Gasteiger partial charge in [-0.05, 0) is 23.4 Å². The number of anilines is 1. The number of benzene rings is 1. The van der Waals surface area contributed by atoms with E-state index < -0.39 is 0 Å². The monoisotopic (exact) mass is 219 g/mol. The number of thioether (sulfide) groups is 1. The van der Waals surface area contributed by atoms with E-state index in [1.807, 2.05) is 17.8 Å². The summed E-state index contributed by atoms with van der Waals surface area (Å²) in [6.45, 7) is 2.15. The Morgan fingerprint density at radius 3 is 2.60 bits per heavy atom. The van der Waals surface area contributed by atoms with E-state index >= 15 is 0 Å². The van der Waals surface area contributed by atoms with Crippen LogP contribution in [0.5, 0.6) is 0 Å². The highest BCUT2D eigenvalue weighted by Gasteiger charge is 2.01. The fourth-order valence-corrected chi connectivity index (χ4v) is 2.04. The van der Waals surface area contributed by atoms with E-state index in [0.717, 1.165) is 17.0 Å². The lowest BCUT2D eigenvalue weighted by Gasteiger charge is -2.00. The summed E-state index contributed by atoms with van der Waals surface area (Å²) in [7, 11) is 0. The summed E-state index contributed by atoms with van der Waals surface area (Å²) in [5.41, 5.74) is 7.62. The van der Waals surface area contributed by atoms with Gasteiger partial charge in [-0.1, -0.05) is 19.1 Å². The Morgan fingerprint density at radius 2 is 2.07 bits per heavy atom. The third-order valence-corrected chi connectivity index (χ3v) is 2.97. The molecule has 3 N–H and O–H groups in total. The van der Waals surface area contributed by atoms with Gasteiger partial charge in [0, 0.05) is 11.0 Å². The Balaban J connectivity index is 2.23. The molecule has 0 aliphatic rings. The highest BCUT2D eigenvalue weighted by molar-refractivity contribution is 7.99. The second-order valence-corrected chi connectivity index (χ2v) is 4.50. The zero-order valence-electron chi connectivity index (χ0n) is 8.53. The highest BCUT2D eigenvalue weighted by atomic mass is 32.2. The molecule has 0 spiro atoms. The van der Waals surface area contributed by atoms with Gasteiger partial charge in [0.2, 0.25) is 0 Å². The first-order valence-corrected chi connectivity index (χ1v) is 5.82. The van der Waals surface area contributed by atoms with Crippen molar-refractivity contribution < 1.29 is 0 Å². The molecule has 2 rings (SSSR count). The number of hydrogen-bond donors (Lipinski definition) is 2. The SMILES string of the molecule is CCSc1ccc(-c2cc(N)n[nH]2)cc1. The van der Waals surface area contributed by atoms with Gasteiger partial charge < -0.3 is 5.73 Å². The van der Waals surface area contributed by atoms with E-state index in [-0.39, 0.29) is 0 Å². The van der Waals surface area contributed by atoms with Crippen molar-refractivity contribution in [3.8, 4) is 11.3 Å². The van der Waals surface area contributed by atoms with E-state index in [1.165, 1.54) is 4.90 Å². The molecule has 78 valence electrons. The number of nitrogens with zero attached hydrogens (tertiary/aromatic N) is 1. The average molecular weight is 219 g/mol. The van der Waals surface area contributed by atoms with E-state index in [4.69, 9.17) is 5.73 Å². The number of aromatic nitrogens is 2. The highest BCUT2D eigenvalue weighted by Crippen LogP contribution is 2.23. The Bertz CT molecular complexity index is 433. The predicted molar refractivity (Wildman–Crippen MR) is 64.8 cm³/mol. The number of nitrogens with one attached hydrogen (secondary N) is 1. The molecule has 0 saturated heterocycles. The van der Waals surface area contributed by atoms with Crippen LogP contribution in [0.3, 0.4) is 0 Å². The maximum Gasteiger partial charge on any atom is 0.145 e. The van der Waals surface area contributed by atoms with Gasteiger partial charge in [0.1, 0.15) is 5.82 Å². The molecule has 0 amide bonds. The molecule has 0 bridgehead atoms. The number of nitrogens with two attached hydrogens (primary N) is 1. The molecule has 0 radical (unpaired) electrons. The topological polar surface area (TPSA) is 54.7 Å². The first-order valence-electron chi connectivity index (χ1n) is 4.83. The Morgan fingerprint density at radius 1 is 1.33 bits per heavy atom. The smallest absolute Gasteiger partial charge is 0.145 e. The molecule has 3 nitrogen and oxygen atoms in total. The molecule has 0 saturated carbocycles. The summed E-state index contributed by atoms with van der Waals surface area (Å²) < 4.78 is 0. The maximum atomic E-state index is 5.55. The molecule has 15 heavy (non-hydrogen) atoms. The van der Waals surface area contributed by atoms with Gasteiger partial charge in [0.15, 0.2) is 0 Å². The number of rotatable bonds is 3. The van der Waals surface area contributed by atoms with Gasteiger partial charge in [-0.3, -0.25) is 5.10 Å². The summed E-state index contributed by atoms with van der Waals surface area (Å²) >= 11 is 1.83. The van der Waals surface area contributed by atoms with Crippen molar-refractivity contribution in [3.05, 3.63) is 30.3 Å². The lowest BCUT2D eigenvalue weighted by atomic mass is 10.1. The molecular weight excluding hydrogens is 206 g/mol. The van der Waals surface area contributed by atoms with Gasteiger partial charge in [-0.25, -0.2) is 0 Å². The van der Waals surface area contributed by atoms with Crippen LogP contribution in [0.15, 0.2) is 35.2 Å². The van der Waals surface area contributed by atoms with Crippen LogP contribution in [0.4, 0.5) is 5.82 Å². The van der Waals surface area contributed by atoms with Crippen LogP contribution in [0.25, 0.3) is 11.3 Å². The maximum absolute atomic E-state index is 5.55. The summed E-state index contributed by atoms with van der Waals surface area (Å²) in [6.07, 6.45) is 0. The Hall–Kier alpha value is -1.42. The minimum absolute atomic E-state index is 0.525. The second kappa shape index (κ2) is 4.40. The number of hydrogen-bond acceptors (Lipinski definition) is 3. The van der Waals surface area contributed by atoms with Crippen molar-refractivity contribution in [1.29, 1.82) is 0 Å². The predicted octanol–water partition coefficient (Wildman–Crippen LogP) is 2.77. The van der Waals surface area contributed by atoms with Crippen LogP contribution in [-0.4, -0.2) is 16.0 Å². The molecule has 1 heterocycles. The molecule has 1 aromatic carbocycles. The fourth-order valence-electron chi connectivity index (χ4n) is 1.38. The number of H-pyrrole nitrogens is 1. The van der Waals surface area contributed by atoms with Crippen LogP contribution in [-0.2, 0) is 0 Å². The summed E-state index contributed by atoms with van der Waals surface area (Å²) in [5.74, 6) is 1.62. The fraction of sp³-hybridized carbons (Fsp3) is 0.182. The summed E-state index contributed by atoms with van der Waals surface area (Å²) in [6, 6.07) is 10.2. The van der Waals surface area contributed by atoms with Crippen LogP contribution >= 0.6 is 11.8 Å². The largest absolute Gasteiger partial charge is 0.382 e. The third kappa shape index (κ3) is 2.33. The normalized spacial score (nSPS) is 10.5. The minimum atomic E-state index is 0.525. The number of aromatic amines is 1. The van der Waals surface area contributed by atoms with Gasteiger partial charge in [-0.2, -0.15) is 5.10 Å². The van der Waals surface area contributed by atoms with Gasteiger partial charge in [-0.15, -0.1) is 11.8 Å². The average Bonchev–Trinajstić information content (AvgIpc) is 2.67. The molecular formula is C11H13N3S. The molecule has 4 heteroatoms. The van der Waals surface area contributed by atoms with Crippen molar-refractivity contribution in [2.75, 3.05) is 11.5 Å². The quantitative estimate of drug-likeness (QED) is 0.780. The van der Waals surface area contributed by atoms with Crippen molar-refractivity contribution >= 4 is 17.6 Å². The third-order valence-electron chi connectivity index (χ3n) is 2.07. The molecule has 0 atom stereocenters. The first kappa shape index (κ1) is 10.1. The molecule has 0 aliphatic heterocycles. The van der Waals surface area contributed by atoms with Gasteiger partial charge >= 0.3 is 0 Å². The van der Waals surface area contributed by atoms with Gasteiger partial charge in [0.25, 0.3) is 0 Å². The summed E-state index contributed by atoms with van der Waals surface area (Å²) in [5, 5.41) is 6.79. The molecule has 2 aromatic rings. The van der Waals surface area contributed by atoms with Crippen molar-refractivity contribution in [2.24, 2.45) is 0 Å². The second-order valence-electron chi connectivity index (χ2n) is 3.16. The minimum Gasteiger partial charge on any atom is -0.382 e. The lowest BCUT2D eigenvalue weighted by Crippen LogP contribution is -1.81. The van der Waals surface area contributed by atoms with E-state index in [9.17, 15) is 0 Å². The molecule has 0 aliphatic carbocycles.